The molecule has 0 atom stereocenters. The number of fused-ring (bicyclic) bond motifs is 5. The quantitative estimate of drug-likeness (QED) is 0.143. The van der Waals surface area contributed by atoms with E-state index in [4.69, 9.17) is 15.4 Å². The molecule has 0 spiro atoms. The van der Waals surface area contributed by atoms with E-state index in [-0.39, 0.29) is 5.84 Å². The summed E-state index contributed by atoms with van der Waals surface area (Å²) in [6.07, 6.45) is 0. The van der Waals surface area contributed by atoms with Gasteiger partial charge >= 0.3 is 0 Å². The number of rotatable bonds is 3. The molecular weight excluding hydrogens is 635 g/mol. The number of amidine groups is 1. The van der Waals surface area contributed by atoms with Crippen LogP contribution in [-0.2, 0) is 0 Å². The van der Waals surface area contributed by atoms with Gasteiger partial charge in [-0.2, -0.15) is 4.99 Å². The van der Waals surface area contributed by atoms with E-state index in [9.17, 15) is 0 Å². The summed E-state index contributed by atoms with van der Waals surface area (Å²) < 4.78 is 2.36. The molecule has 0 amide bonds. The molecule has 2 N–H and O–H groups in total. The number of hydrogen-bond acceptors (Lipinski definition) is 2. The van der Waals surface area contributed by atoms with Crippen LogP contribution in [0.4, 0.5) is 0 Å². The van der Waals surface area contributed by atoms with Crippen molar-refractivity contribution >= 4 is 60.1 Å². The monoisotopic (exact) mass is 663 g/mol. The maximum Gasteiger partial charge on any atom is 0.229 e. The van der Waals surface area contributed by atoms with Gasteiger partial charge in [-0.1, -0.05) is 115 Å². The minimum Gasteiger partial charge on any atom is -0.323 e. The Bertz CT molecular complexity index is 3200. The van der Waals surface area contributed by atoms with Gasteiger partial charge in [-0.3, -0.25) is 5.41 Å². The lowest BCUT2D eigenvalue weighted by Gasteiger charge is -2.13. The third kappa shape index (κ3) is 4.20. The van der Waals surface area contributed by atoms with E-state index in [1.54, 1.807) is 0 Å². The molecule has 10 aromatic rings. The van der Waals surface area contributed by atoms with Gasteiger partial charge in [0.25, 0.3) is 0 Å². The number of aromatic nitrogens is 3. The summed E-state index contributed by atoms with van der Waals surface area (Å²) in [6.45, 7) is 0. The molecule has 0 unspecified atom stereocenters. The second-order valence-electron chi connectivity index (χ2n) is 13.5. The van der Waals surface area contributed by atoms with E-state index in [0.29, 0.717) is 11.2 Å². The van der Waals surface area contributed by atoms with Crippen LogP contribution in [-0.4, -0.2) is 20.4 Å². The number of aromatic amines is 1. The molecule has 0 saturated heterocycles. The number of H-pyrrole nitrogens is 1. The Morgan fingerprint density at radius 1 is 0.538 bits per heavy atom. The molecule has 1 aliphatic carbocycles. The number of hydrogen-bond donors (Lipinski definition) is 2. The predicted molar refractivity (Wildman–Crippen MR) is 214 cm³/mol. The standard InChI is InChI=1S/C47H29N5/c48-46(51-47-49-39-17-6-5-14-38(39)45(50-47)32-20-19-28-9-1-2-10-31(28)27-32)30-21-24-33(25-22-30)52-40-18-8-16-37-35-13-4-3-12-34(35)36-15-7-11-29-23-26-41(52)44(42(29)36)43(37)40/h1-27H,(H2,48,49,50,51). The third-order valence-electron chi connectivity index (χ3n) is 10.6. The van der Waals surface area contributed by atoms with Crippen LogP contribution < -0.4 is 5.62 Å². The highest BCUT2D eigenvalue weighted by Crippen LogP contribution is 2.49. The summed E-state index contributed by atoms with van der Waals surface area (Å²) in [7, 11) is 0. The summed E-state index contributed by atoms with van der Waals surface area (Å²) in [5.74, 6) is 0.140. The molecule has 8 aromatic carbocycles. The van der Waals surface area contributed by atoms with Gasteiger partial charge in [-0.25, -0.2) is 4.98 Å². The van der Waals surface area contributed by atoms with Gasteiger partial charge in [0.1, 0.15) is 0 Å². The van der Waals surface area contributed by atoms with Crippen molar-refractivity contribution in [2.24, 2.45) is 4.99 Å². The molecule has 0 radical (unpaired) electrons. The van der Waals surface area contributed by atoms with Crippen molar-refractivity contribution in [3.05, 3.63) is 175 Å². The highest BCUT2D eigenvalue weighted by Gasteiger charge is 2.24. The Morgan fingerprint density at radius 2 is 1.19 bits per heavy atom. The Labute approximate surface area is 298 Å². The highest BCUT2D eigenvalue weighted by molar-refractivity contribution is 6.30. The van der Waals surface area contributed by atoms with Gasteiger partial charge in [0, 0.05) is 33.0 Å². The predicted octanol–water partition coefficient (Wildman–Crippen LogP) is 11.2. The first-order valence-corrected chi connectivity index (χ1v) is 17.5. The molecule has 2 heterocycles. The van der Waals surface area contributed by atoms with Crippen LogP contribution in [0.5, 0.6) is 0 Å². The molecule has 0 aliphatic heterocycles. The third-order valence-corrected chi connectivity index (χ3v) is 10.6. The molecule has 242 valence electrons. The summed E-state index contributed by atoms with van der Waals surface area (Å²) in [5, 5.41) is 17.5. The first-order chi connectivity index (χ1) is 25.7. The van der Waals surface area contributed by atoms with Gasteiger partial charge in [0.05, 0.1) is 22.2 Å². The first kappa shape index (κ1) is 28.7. The average molecular weight is 664 g/mol. The normalized spacial score (nSPS) is 12.4. The first-order valence-electron chi connectivity index (χ1n) is 17.5. The summed E-state index contributed by atoms with van der Waals surface area (Å²) in [6, 6.07) is 57.6. The molecule has 0 bridgehead atoms. The van der Waals surface area contributed by atoms with E-state index < -0.39 is 0 Å². The number of nitrogens with one attached hydrogen (secondary N) is 2. The minimum atomic E-state index is 0.140. The zero-order valence-corrected chi connectivity index (χ0v) is 27.9. The zero-order chi connectivity index (χ0) is 34.3. The average Bonchev–Trinajstić information content (AvgIpc) is 3.48. The number of benzene rings is 8. The molecule has 11 rings (SSSR count). The number of para-hydroxylation sites is 1. The highest BCUT2D eigenvalue weighted by atomic mass is 15.0. The zero-order valence-electron chi connectivity index (χ0n) is 27.9. The molecule has 5 heteroatoms. The SMILES string of the molecule is N=C(N=c1nc(-c2ccc3ccccc3c2)c2ccccc2[nH]1)c1ccc(-n2c3cccc4c3c3c5c(cccc5ccc32)-c2ccccc2-4)cc1. The fourth-order valence-corrected chi connectivity index (χ4v) is 8.27. The van der Waals surface area contributed by atoms with Crippen LogP contribution in [0, 0.1) is 5.41 Å². The lowest BCUT2D eigenvalue weighted by molar-refractivity contribution is 1.05. The lowest BCUT2D eigenvalue weighted by atomic mass is 9.93. The largest absolute Gasteiger partial charge is 0.323 e. The lowest BCUT2D eigenvalue weighted by Crippen LogP contribution is -2.17. The molecule has 52 heavy (non-hydrogen) atoms. The second kappa shape index (κ2) is 10.9. The van der Waals surface area contributed by atoms with Gasteiger partial charge in [0.15, 0.2) is 5.84 Å². The second-order valence-corrected chi connectivity index (χ2v) is 13.5. The van der Waals surface area contributed by atoms with E-state index in [2.05, 4.69) is 143 Å². The molecule has 0 fully saturated rings. The van der Waals surface area contributed by atoms with Crippen molar-refractivity contribution in [3.63, 3.8) is 0 Å². The van der Waals surface area contributed by atoms with Gasteiger partial charge in [-0.15, -0.1) is 0 Å². The smallest absolute Gasteiger partial charge is 0.229 e. The Kier molecular flexibility index (Phi) is 6.04. The van der Waals surface area contributed by atoms with E-state index >= 15 is 0 Å². The van der Waals surface area contributed by atoms with Crippen LogP contribution in [0.3, 0.4) is 0 Å². The summed E-state index contributed by atoms with van der Waals surface area (Å²) in [5.41, 5.74) is 12.3. The Hall–Kier alpha value is -7.11. The van der Waals surface area contributed by atoms with Crippen LogP contribution in [0.25, 0.3) is 93.5 Å². The number of nitrogens with zero attached hydrogens (tertiary/aromatic N) is 3. The van der Waals surface area contributed by atoms with Crippen molar-refractivity contribution in [1.82, 2.24) is 14.5 Å². The Balaban J connectivity index is 1.04. The molecule has 0 saturated carbocycles. The summed E-state index contributed by atoms with van der Waals surface area (Å²) in [4.78, 5) is 13.0. The fraction of sp³-hybridized carbons (Fsp3) is 0. The van der Waals surface area contributed by atoms with E-state index in [1.165, 1.54) is 54.7 Å². The van der Waals surface area contributed by atoms with E-state index in [1.807, 2.05) is 30.3 Å². The molecule has 2 aromatic heterocycles. The molecule has 1 aliphatic rings. The van der Waals surface area contributed by atoms with Crippen molar-refractivity contribution in [1.29, 1.82) is 5.41 Å². The molecular formula is C47H29N5. The fourth-order valence-electron chi connectivity index (χ4n) is 8.27. The van der Waals surface area contributed by atoms with Crippen LogP contribution in [0.1, 0.15) is 5.56 Å². The van der Waals surface area contributed by atoms with Crippen molar-refractivity contribution in [2.75, 3.05) is 0 Å². The van der Waals surface area contributed by atoms with Gasteiger partial charge in [0.2, 0.25) is 5.62 Å². The Morgan fingerprint density at radius 3 is 2.04 bits per heavy atom. The van der Waals surface area contributed by atoms with Crippen LogP contribution in [0.2, 0.25) is 0 Å². The topological polar surface area (TPSA) is 69.8 Å². The van der Waals surface area contributed by atoms with Gasteiger partial charge < -0.3 is 9.55 Å². The summed E-state index contributed by atoms with van der Waals surface area (Å²) >= 11 is 0. The van der Waals surface area contributed by atoms with Crippen molar-refractivity contribution < 1.29 is 0 Å². The maximum atomic E-state index is 9.05. The maximum absolute atomic E-state index is 9.05. The van der Waals surface area contributed by atoms with Crippen molar-refractivity contribution in [3.8, 4) is 39.2 Å². The van der Waals surface area contributed by atoms with Crippen LogP contribution in [0.15, 0.2) is 169 Å². The van der Waals surface area contributed by atoms with Gasteiger partial charge in [-0.05, 0) is 92.3 Å². The minimum absolute atomic E-state index is 0.140. The van der Waals surface area contributed by atoms with Crippen molar-refractivity contribution in [2.45, 2.75) is 0 Å². The van der Waals surface area contributed by atoms with E-state index in [0.717, 1.165) is 38.8 Å². The molecule has 5 nitrogen and oxygen atoms in total. The van der Waals surface area contributed by atoms with Crippen LogP contribution >= 0.6 is 0 Å².